The number of nitrogens with one attached hydrogen (secondary N) is 1. The van der Waals surface area contributed by atoms with Gasteiger partial charge in [0.1, 0.15) is 12.4 Å². The highest BCUT2D eigenvalue weighted by Crippen LogP contribution is 2.21. The second-order valence-electron chi connectivity index (χ2n) is 7.79. The smallest absolute Gasteiger partial charge is 0.336 e. The fourth-order valence-electron chi connectivity index (χ4n) is 3.77. The maximum absolute atomic E-state index is 12.1. The average molecular weight is 431 g/mol. The molecule has 3 aromatic carbocycles. The van der Waals surface area contributed by atoms with Gasteiger partial charge in [-0.15, -0.1) is 0 Å². The Morgan fingerprint density at radius 2 is 1.66 bits per heavy atom. The van der Waals surface area contributed by atoms with E-state index in [1.165, 1.54) is 0 Å². The van der Waals surface area contributed by atoms with Crippen LogP contribution < -0.4 is 15.7 Å². The van der Waals surface area contributed by atoms with E-state index in [1.807, 2.05) is 48.5 Å². The summed E-state index contributed by atoms with van der Waals surface area (Å²) >= 11 is 0. The third-order valence-electron chi connectivity index (χ3n) is 5.71. The monoisotopic (exact) mass is 431 g/mol. The van der Waals surface area contributed by atoms with E-state index in [1.54, 1.807) is 42.3 Å². The number of ether oxygens (including phenoxy) is 1. The van der Waals surface area contributed by atoms with Crippen molar-refractivity contribution >= 4 is 22.7 Å². The summed E-state index contributed by atoms with van der Waals surface area (Å²) in [5, 5.41) is 12.6. The van der Waals surface area contributed by atoms with Crippen molar-refractivity contribution in [3.8, 4) is 5.75 Å². The van der Waals surface area contributed by atoms with Gasteiger partial charge in [0.15, 0.2) is 0 Å². The van der Waals surface area contributed by atoms with Gasteiger partial charge < -0.3 is 15.2 Å². The van der Waals surface area contributed by atoms with Crippen LogP contribution in [0, 0.1) is 6.92 Å². The first kappa shape index (κ1) is 21.2. The summed E-state index contributed by atoms with van der Waals surface area (Å²) in [6.45, 7) is 2.77. The number of aromatic nitrogens is 2. The molecule has 32 heavy (non-hydrogen) atoms. The third kappa shape index (κ3) is 4.09. The molecule has 4 aromatic rings. The predicted octanol–water partition coefficient (Wildman–Crippen LogP) is 4.07. The van der Waals surface area contributed by atoms with Crippen LogP contribution in [-0.2, 0) is 27.2 Å². The van der Waals surface area contributed by atoms with Gasteiger partial charge in [0.25, 0.3) is 0 Å². The molecule has 0 aliphatic rings. The Hall–Kier alpha value is -4.00. The Bertz CT molecular complexity index is 1350. The molecule has 0 radical (unpaired) electrons. The van der Waals surface area contributed by atoms with Crippen molar-refractivity contribution in [2.45, 2.75) is 20.1 Å². The zero-order valence-corrected chi connectivity index (χ0v) is 18.3. The molecular weight excluding hydrogens is 406 g/mol. The molecule has 7 nitrogen and oxygen atoms in total. The predicted molar refractivity (Wildman–Crippen MR) is 124 cm³/mol. The van der Waals surface area contributed by atoms with Crippen LogP contribution in [0.1, 0.15) is 27.0 Å². The maximum atomic E-state index is 12.1. The molecule has 0 atom stereocenters. The highest BCUT2D eigenvalue weighted by atomic mass is 16.5. The largest absolute Gasteiger partial charge is 0.489 e. The minimum atomic E-state index is -0.929. The van der Waals surface area contributed by atoms with Crippen LogP contribution in [0.4, 0.5) is 5.69 Å². The molecule has 0 saturated heterocycles. The topological polar surface area (TPSA) is 85.5 Å². The second kappa shape index (κ2) is 8.63. The lowest BCUT2D eigenvalue weighted by atomic mass is 10.1. The normalized spacial score (nSPS) is 11.0. The van der Waals surface area contributed by atoms with Gasteiger partial charge in [0, 0.05) is 26.3 Å². The summed E-state index contributed by atoms with van der Waals surface area (Å²) in [6, 6.07) is 18.9. The standard InChI is InChI=1S/C25H25N3O4/c1-16-20(24(29)30)5-4-6-21(16)26-14-17-7-10-19(11-8-17)32-15-18-9-12-22-23(13-18)28(3)25(31)27(22)2/h4-13,26H,14-15H2,1-3H3,(H,29,30). The van der Waals surface area contributed by atoms with Crippen molar-refractivity contribution in [2.75, 3.05) is 5.32 Å². The molecule has 2 N–H and O–H groups in total. The van der Waals surface area contributed by atoms with Crippen LogP contribution >= 0.6 is 0 Å². The van der Waals surface area contributed by atoms with Crippen molar-refractivity contribution in [3.63, 3.8) is 0 Å². The molecular formula is C25H25N3O4. The minimum absolute atomic E-state index is 0.0489. The second-order valence-corrected chi connectivity index (χ2v) is 7.79. The molecule has 0 unspecified atom stereocenters. The van der Waals surface area contributed by atoms with E-state index in [0.717, 1.165) is 33.6 Å². The number of aromatic carboxylic acids is 1. The number of carboxylic acid groups (broad SMARTS) is 1. The number of imidazole rings is 1. The molecule has 0 spiro atoms. The lowest BCUT2D eigenvalue weighted by Gasteiger charge is -2.12. The molecule has 1 heterocycles. The van der Waals surface area contributed by atoms with Crippen molar-refractivity contribution in [1.82, 2.24) is 9.13 Å². The van der Waals surface area contributed by atoms with Crippen molar-refractivity contribution in [1.29, 1.82) is 0 Å². The molecule has 0 aliphatic heterocycles. The molecule has 7 heteroatoms. The molecule has 0 bridgehead atoms. The zero-order valence-electron chi connectivity index (χ0n) is 18.3. The number of aryl methyl sites for hydroxylation is 2. The molecule has 0 saturated carbocycles. The number of carboxylic acids is 1. The zero-order chi connectivity index (χ0) is 22.8. The van der Waals surface area contributed by atoms with E-state index in [2.05, 4.69) is 5.32 Å². The number of benzene rings is 3. The highest BCUT2D eigenvalue weighted by Gasteiger charge is 2.10. The van der Waals surface area contributed by atoms with Crippen LogP contribution in [0.3, 0.4) is 0 Å². The van der Waals surface area contributed by atoms with Crippen LogP contribution in [0.2, 0.25) is 0 Å². The van der Waals surface area contributed by atoms with E-state index in [9.17, 15) is 14.7 Å². The summed E-state index contributed by atoms with van der Waals surface area (Å²) < 4.78 is 9.18. The Morgan fingerprint density at radius 3 is 2.38 bits per heavy atom. The van der Waals surface area contributed by atoms with Gasteiger partial charge in [-0.25, -0.2) is 9.59 Å². The first-order valence-electron chi connectivity index (χ1n) is 10.3. The average Bonchev–Trinajstić information content (AvgIpc) is 3.01. The quantitative estimate of drug-likeness (QED) is 0.461. The minimum Gasteiger partial charge on any atom is -0.489 e. The van der Waals surface area contributed by atoms with Gasteiger partial charge in [-0.1, -0.05) is 24.3 Å². The first-order chi connectivity index (χ1) is 15.3. The van der Waals surface area contributed by atoms with Gasteiger partial charge in [-0.05, 0) is 60.0 Å². The number of anilines is 1. The Kier molecular flexibility index (Phi) is 5.73. The number of fused-ring (bicyclic) bond motifs is 1. The molecule has 4 rings (SSSR count). The molecule has 0 aliphatic carbocycles. The lowest BCUT2D eigenvalue weighted by molar-refractivity contribution is 0.0696. The summed E-state index contributed by atoms with van der Waals surface area (Å²) in [4.78, 5) is 23.4. The van der Waals surface area contributed by atoms with Crippen LogP contribution in [0.25, 0.3) is 11.0 Å². The summed E-state index contributed by atoms with van der Waals surface area (Å²) in [5.74, 6) is -0.179. The Balaban J connectivity index is 1.39. The molecule has 0 fully saturated rings. The van der Waals surface area contributed by atoms with Crippen molar-refractivity contribution in [2.24, 2.45) is 14.1 Å². The molecule has 1 aromatic heterocycles. The number of rotatable bonds is 7. The van der Waals surface area contributed by atoms with E-state index < -0.39 is 5.97 Å². The number of hydrogen-bond acceptors (Lipinski definition) is 4. The van der Waals surface area contributed by atoms with Gasteiger partial charge in [-0.3, -0.25) is 9.13 Å². The summed E-state index contributed by atoms with van der Waals surface area (Å²) in [6.07, 6.45) is 0. The van der Waals surface area contributed by atoms with E-state index in [4.69, 9.17) is 4.74 Å². The SMILES string of the molecule is Cc1c(NCc2ccc(OCc3ccc4c(c3)n(C)c(=O)n4C)cc2)cccc1C(=O)O. The Labute approximate surface area is 185 Å². The van der Waals surface area contributed by atoms with Crippen molar-refractivity contribution in [3.05, 3.63) is 93.4 Å². The summed E-state index contributed by atoms with van der Waals surface area (Å²) in [5.41, 5.74) is 5.57. The van der Waals surface area contributed by atoms with Crippen molar-refractivity contribution < 1.29 is 14.6 Å². The van der Waals surface area contributed by atoms with E-state index in [-0.39, 0.29) is 5.69 Å². The fourth-order valence-corrected chi connectivity index (χ4v) is 3.77. The lowest BCUT2D eigenvalue weighted by Crippen LogP contribution is -2.19. The third-order valence-corrected chi connectivity index (χ3v) is 5.71. The van der Waals surface area contributed by atoms with Crippen LogP contribution in [-0.4, -0.2) is 20.2 Å². The molecule has 0 amide bonds. The van der Waals surface area contributed by atoms with Crippen LogP contribution in [0.15, 0.2) is 65.5 Å². The van der Waals surface area contributed by atoms with E-state index in [0.29, 0.717) is 24.3 Å². The summed E-state index contributed by atoms with van der Waals surface area (Å²) in [7, 11) is 3.53. The first-order valence-corrected chi connectivity index (χ1v) is 10.3. The fraction of sp³-hybridized carbons (Fsp3) is 0.200. The number of nitrogens with zero attached hydrogens (tertiary/aromatic N) is 2. The van der Waals surface area contributed by atoms with Gasteiger partial charge in [-0.2, -0.15) is 0 Å². The van der Waals surface area contributed by atoms with E-state index >= 15 is 0 Å². The maximum Gasteiger partial charge on any atom is 0.336 e. The van der Waals surface area contributed by atoms with Crippen LogP contribution in [0.5, 0.6) is 5.75 Å². The molecule has 164 valence electrons. The van der Waals surface area contributed by atoms with Gasteiger partial charge in [0.05, 0.1) is 16.6 Å². The van der Waals surface area contributed by atoms with Gasteiger partial charge in [0.2, 0.25) is 0 Å². The Morgan fingerprint density at radius 1 is 0.969 bits per heavy atom. The number of hydrogen-bond donors (Lipinski definition) is 2. The highest BCUT2D eigenvalue weighted by molar-refractivity contribution is 5.91. The van der Waals surface area contributed by atoms with Gasteiger partial charge >= 0.3 is 11.7 Å². The number of carbonyl (C=O) groups is 1.